The third kappa shape index (κ3) is 1.88. The van der Waals surface area contributed by atoms with Gasteiger partial charge in [0.05, 0.1) is 0 Å². The maximum absolute atomic E-state index is 10.9. The summed E-state index contributed by atoms with van der Waals surface area (Å²) < 4.78 is 21.8. The van der Waals surface area contributed by atoms with E-state index in [1.54, 1.807) is 6.92 Å². The summed E-state index contributed by atoms with van der Waals surface area (Å²) in [5.41, 5.74) is 0.491. The van der Waals surface area contributed by atoms with Gasteiger partial charge in [-0.15, -0.1) is 0 Å². The zero-order chi connectivity index (χ0) is 9.35. The van der Waals surface area contributed by atoms with Crippen molar-refractivity contribution in [2.24, 2.45) is 0 Å². The summed E-state index contributed by atoms with van der Waals surface area (Å²) >= 11 is 5.54. The highest BCUT2D eigenvalue weighted by Gasteiger charge is 2.17. The molecule has 0 aromatic carbocycles. The van der Waals surface area contributed by atoms with E-state index >= 15 is 0 Å². The summed E-state index contributed by atoms with van der Waals surface area (Å²) in [5.74, 6) is 0. The van der Waals surface area contributed by atoms with Crippen LogP contribution in [0.2, 0.25) is 5.15 Å². The van der Waals surface area contributed by atoms with Gasteiger partial charge in [-0.05, 0) is 18.6 Å². The Balaban J connectivity index is 3.53. The number of pyridine rings is 1. The summed E-state index contributed by atoms with van der Waals surface area (Å²) in [6, 6.07) is 1.53. The number of hydrogen-bond donors (Lipinski definition) is 0. The molecule has 0 aliphatic heterocycles. The molecular weight excluding hydrogens is 221 g/mol. The van der Waals surface area contributed by atoms with Crippen LogP contribution in [0.1, 0.15) is 5.56 Å². The van der Waals surface area contributed by atoms with E-state index in [4.69, 9.17) is 22.3 Å². The lowest BCUT2D eigenvalue weighted by molar-refractivity contribution is 0.608. The molecule has 0 fully saturated rings. The molecule has 0 amide bonds. The predicted molar refractivity (Wildman–Crippen MR) is 47.0 cm³/mol. The standard InChI is InChI=1S/C6H5Cl2NO2S/c1-4-2-3-9-6(7)5(4)12(8,10)11/h2-3H,1H3. The Hall–Kier alpha value is -0.320. The average molecular weight is 226 g/mol. The van der Waals surface area contributed by atoms with Gasteiger partial charge in [0, 0.05) is 16.9 Å². The largest absolute Gasteiger partial charge is 0.264 e. The second-order valence-electron chi connectivity index (χ2n) is 2.19. The van der Waals surface area contributed by atoms with E-state index in [0.29, 0.717) is 5.56 Å². The highest BCUT2D eigenvalue weighted by Crippen LogP contribution is 2.25. The van der Waals surface area contributed by atoms with Crippen molar-refractivity contribution < 1.29 is 8.42 Å². The molecule has 0 N–H and O–H groups in total. The quantitative estimate of drug-likeness (QED) is 0.543. The Kier molecular flexibility index (Phi) is 2.61. The molecule has 0 saturated carbocycles. The second kappa shape index (κ2) is 3.20. The first-order chi connectivity index (χ1) is 5.43. The summed E-state index contributed by atoms with van der Waals surface area (Å²) in [4.78, 5) is 3.49. The van der Waals surface area contributed by atoms with Crippen LogP contribution in [-0.2, 0) is 9.05 Å². The Labute approximate surface area is 79.8 Å². The second-order valence-corrected chi connectivity index (χ2v) is 5.05. The number of aryl methyl sites for hydroxylation is 1. The van der Waals surface area contributed by atoms with Crippen molar-refractivity contribution in [3.63, 3.8) is 0 Å². The van der Waals surface area contributed by atoms with E-state index in [2.05, 4.69) is 4.98 Å². The zero-order valence-electron chi connectivity index (χ0n) is 6.08. The number of rotatable bonds is 1. The van der Waals surface area contributed by atoms with Crippen molar-refractivity contribution in [3.8, 4) is 0 Å². The molecule has 0 unspecified atom stereocenters. The first kappa shape index (κ1) is 9.77. The van der Waals surface area contributed by atoms with E-state index in [0.717, 1.165) is 0 Å². The molecule has 6 heteroatoms. The van der Waals surface area contributed by atoms with Crippen LogP contribution in [0, 0.1) is 6.92 Å². The van der Waals surface area contributed by atoms with Crippen LogP contribution in [0.15, 0.2) is 17.2 Å². The van der Waals surface area contributed by atoms with Gasteiger partial charge in [0.2, 0.25) is 0 Å². The molecule has 1 aromatic heterocycles. The van der Waals surface area contributed by atoms with Crippen molar-refractivity contribution in [1.29, 1.82) is 0 Å². The van der Waals surface area contributed by atoms with Crippen LogP contribution in [0.5, 0.6) is 0 Å². The molecule has 0 saturated heterocycles. The lowest BCUT2D eigenvalue weighted by Gasteiger charge is -2.01. The van der Waals surface area contributed by atoms with Gasteiger partial charge in [-0.25, -0.2) is 13.4 Å². The first-order valence-corrected chi connectivity index (χ1v) is 5.67. The van der Waals surface area contributed by atoms with Gasteiger partial charge >= 0.3 is 0 Å². The Morgan fingerprint density at radius 2 is 2.08 bits per heavy atom. The van der Waals surface area contributed by atoms with Crippen LogP contribution >= 0.6 is 22.3 Å². The maximum Gasteiger partial charge on any atom is 0.264 e. The minimum Gasteiger partial charge on any atom is -0.243 e. The lowest BCUT2D eigenvalue weighted by Crippen LogP contribution is -1.96. The Bertz CT molecular complexity index is 382. The van der Waals surface area contributed by atoms with Gasteiger partial charge in [0.1, 0.15) is 10.0 Å². The van der Waals surface area contributed by atoms with Crippen molar-refractivity contribution in [2.45, 2.75) is 11.8 Å². The molecule has 0 radical (unpaired) electrons. The molecule has 3 nitrogen and oxygen atoms in total. The average Bonchev–Trinajstić information content (AvgIpc) is 1.82. The van der Waals surface area contributed by atoms with Crippen LogP contribution in [0.3, 0.4) is 0 Å². The Morgan fingerprint density at radius 1 is 1.50 bits per heavy atom. The van der Waals surface area contributed by atoms with Crippen molar-refractivity contribution in [1.82, 2.24) is 4.98 Å². The van der Waals surface area contributed by atoms with Gasteiger partial charge < -0.3 is 0 Å². The first-order valence-electron chi connectivity index (χ1n) is 2.98. The molecular formula is C6H5Cl2NO2S. The fraction of sp³-hybridized carbons (Fsp3) is 0.167. The molecule has 0 bridgehead atoms. The molecule has 1 heterocycles. The van der Waals surface area contributed by atoms with Gasteiger partial charge in [-0.2, -0.15) is 0 Å². The van der Waals surface area contributed by atoms with Gasteiger partial charge in [-0.3, -0.25) is 0 Å². The van der Waals surface area contributed by atoms with Crippen LogP contribution in [0.25, 0.3) is 0 Å². The maximum atomic E-state index is 10.9. The van der Waals surface area contributed by atoms with Crippen LogP contribution in [0.4, 0.5) is 0 Å². The summed E-state index contributed by atoms with van der Waals surface area (Å²) in [5, 5.41) is -0.0926. The van der Waals surface area contributed by atoms with E-state index in [1.165, 1.54) is 12.3 Å². The number of aromatic nitrogens is 1. The fourth-order valence-electron chi connectivity index (χ4n) is 0.804. The molecule has 0 spiro atoms. The van der Waals surface area contributed by atoms with Crippen molar-refractivity contribution >= 4 is 31.3 Å². The fourth-order valence-corrected chi connectivity index (χ4v) is 2.72. The highest BCUT2D eigenvalue weighted by molar-refractivity contribution is 8.13. The summed E-state index contributed by atoms with van der Waals surface area (Å²) in [6.45, 7) is 1.60. The number of halogens is 2. The normalized spacial score (nSPS) is 11.6. The van der Waals surface area contributed by atoms with Crippen molar-refractivity contribution in [3.05, 3.63) is 23.0 Å². The molecule has 1 rings (SSSR count). The van der Waals surface area contributed by atoms with Gasteiger partial charge in [0.15, 0.2) is 0 Å². The summed E-state index contributed by atoms with van der Waals surface area (Å²) in [7, 11) is 1.33. The van der Waals surface area contributed by atoms with Gasteiger partial charge in [0.25, 0.3) is 9.05 Å². The smallest absolute Gasteiger partial charge is 0.243 e. The minimum atomic E-state index is -3.79. The van der Waals surface area contributed by atoms with E-state index < -0.39 is 9.05 Å². The monoisotopic (exact) mass is 225 g/mol. The SMILES string of the molecule is Cc1ccnc(Cl)c1S(=O)(=O)Cl. The Morgan fingerprint density at radius 3 is 2.42 bits per heavy atom. The lowest BCUT2D eigenvalue weighted by atomic mass is 10.3. The third-order valence-electron chi connectivity index (χ3n) is 1.30. The highest BCUT2D eigenvalue weighted by atomic mass is 35.7. The van der Waals surface area contributed by atoms with E-state index in [1.807, 2.05) is 0 Å². The topological polar surface area (TPSA) is 47.0 Å². The zero-order valence-corrected chi connectivity index (χ0v) is 8.41. The predicted octanol–water partition coefficient (Wildman–Crippen LogP) is 1.97. The third-order valence-corrected chi connectivity index (χ3v) is 3.17. The molecule has 0 aliphatic rings. The summed E-state index contributed by atoms with van der Waals surface area (Å²) in [6.07, 6.45) is 1.42. The van der Waals surface area contributed by atoms with Crippen molar-refractivity contribution in [2.75, 3.05) is 0 Å². The van der Waals surface area contributed by atoms with E-state index in [-0.39, 0.29) is 10.0 Å². The molecule has 66 valence electrons. The molecule has 12 heavy (non-hydrogen) atoms. The molecule has 0 atom stereocenters. The molecule has 1 aromatic rings. The van der Waals surface area contributed by atoms with Crippen LogP contribution < -0.4 is 0 Å². The molecule has 0 aliphatic carbocycles. The van der Waals surface area contributed by atoms with E-state index in [9.17, 15) is 8.42 Å². The van der Waals surface area contributed by atoms with Gasteiger partial charge in [-0.1, -0.05) is 11.6 Å². The van der Waals surface area contributed by atoms with Crippen LogP contribution in [-0.4, -0.2) is 13.4 Å². The number of hydrogen-bond acceptors (Lipinski definition) is 3. The number of nitrogens with zero attached hydrogens (tertiary/aromatic N) is 1. The minimum absolute atomic E-state index is 0.0926.